The zero-order chi connectivity index (χ0) is 10.0. The number of thioether (sulfide) groups is 1. The maximum absolute atomic E-state index is 13.1. The molecule has 1 rings (SSSR count). The molecule has 1 aromatic rings. The Morgan fingerprint density at radius 2 is 1.77 bits per heavy atom. The van der Waals surface area contributed by atoms with E-state index < -0.39 is 17.5 Å². The van der Waals surface area contributed by atoms with E-state index in [1.54, 1.807) is 13.2 Å². The van der Waals surface area contributed by atoms with Gasteiger partial charge in [-0.1, -0.05) is 6.07 Å². The van der Waals surface area contributed by atoms with Gasteiger partial charge >= 0.3 is 0 Å². The molecule has 13 heavy (non-hydrogen) atoms. The summed E-state index contributed by atoms with van der Waals surface area (Å²) in [6.45, 7) is 1.74. The van der Waals surface area contributed by atoms with Crippen LogP contribution in [0.15, 0.2) is 12.1 Å². The van der Waals surface area contributed by atoms with E-state index in [4.69, 9.17) is 0 Å². The maximum atomic E-state index is 13.1. The van der Waals surface area contributed by atoms with E-state index in [1.807, 2.05) is 0 Å². The smallest absolute Gasteiger partial charge is 0.194 e. The molecule has 1 atom stereocenters. The molecule has 0 N–H and O–H groups in total. The zero-order valence-electron chi connectivity index (χ0n) is 7.27. The predicted molar refractivity (Wildman–Crippen MR) is 48.2 cm³/mol. The summed E-state index contributed by atoms with van der Waals surface area (Å²) in [7, 11) is 0. The fraction of sp³-hybridized carbons (Fsp3) is 0.333. The average molecular weight is 206 g/mol. The zero-order valence-corrected chi connectivity index (χ0v) is 8.09. The average Bonchev–Trinajstić information content (AvgIpc) is 2.13. The minimum atomic E-state index is -1.39. The summed E-state index contributed by atoms with van der Waals surface area (Å²) < 4.78 is 38.3. The number of rotatable bonds is 2. The molecule has 0 nitrogen and oxygen atoms in total. The fourth-order valence-corrected chi connectivity index (χ4v) is 1.42. The summed E-state index contributed by atoms with van der Waals surface area (Å²) in [5.74, 6) is -3.62. The van der Waals surface area contributed by atoms with Crippen LogP contribution in [0, 0.1) is 17.5 Å². The molecule has 0 aliphatic carbocycles. The first-order chi connectivity index (χ1) is 6.07. The molecular weight excluding hydrogens is 197 g/mol. The van der Waals surface area contributed by atoms with E-state index in [1.165, 1.54) is 17.8 Å². The van der Waals surface area contributed by atoms with Crippen LogP contribution in [-0.4, -0.2) is 6.26 Å². The van der Waals surface area contributed by atoms with Crippen LogP contribution in [0.3, 0.4) is 0 Å². The third-order valence-electron chi connectivity index (χ3n) is 1.86. The van der Waals surface area contributed by atoms with Gasteiger partial charge in [0.05, 0.1) is 0 Å². The molecule has 0 aliphatic rings. The van der Waals surface area contributed by atoms with Gasteiger partial charge in [-0.05, 0) is 19.2 Å². The minimum Gasteiger partial charge on any atom is -0.204 e. The second kappa shape index (κ2) is 4.05. The highest BCUT2D eigenvalue weighted by atomic mass is 32.2. The van der Waals surface area contributed by atoms with E-state index in [-0.39, 0.29) is 10.8 Å². The Kier molecular flexibility index (Phi) is 3.25. The lowest BCUT2D eigenvalue weighted by atomic mass is 10.1. The van der Waals surface area contributed by atoms with Crippen molar-refractivity contribution in [3.05, 3.63) is 35.1 Å². The van der Waals surface area contributed by atoms with E-state index in [0.717, 1.165) is 6.07 Å². The lowest BCUT2D eigenvalue weighted by Gasteiger charge is -2.09. The predicted octanol–water partition coefficient (Wildman–Crippen LogP) is 3.53. The molecule has 0 heterocycles. The van der Waals surface area contributed by atoms with Gasteiger partial charge in [-0.15, -0.1) is 0 Å². The van der Waals surface area contributed by atoms with Crippen LogP contribution in [0.5, 0.6) is 0 Å². The van der Waals surface area contributed by atoms with Gasteiger partial charge in [0.1, 0.15) is 0 Å². The Labute approximate surface area is 79.1 Å². The molecule has 0 aliphatic heterocycles. The highest BCUT2D eigenvalue weighted by Crippen LogP contribution is 2.29. The van der Waals surface area contributed by atoms with Crippen LogP contribution in [-0.2, 0) is 0 Å². The Bertz CT molecular complexity index is 312. The normalized spacial score (nSPS) is 13.0. The van der Waals surface area contributed by atoms with Gasteiger partial charge < -0.3 is 0 Å². The molecule has 0 amide bonds. The first-order valence-corrected chi connectivity index (χ1v) is 5.03. The molecule has 0 fully saturated rings. The molecule has 0 saturated carbocycles. The number of benzene rings is 1. The summed E-state index contributed by atoms with van der Waals surface area (Å²) in [6.07, 6.45) is 1.78. The quantitative estimate of drug-likeness (QED) is 0.667. The van der Waals surface area contributed by atoms with E-state index in [9.17, 15) is 13.2 Å². The van der Waals surface area contributed by atoms with Crippen LogP contribution in [0.1, 0.15) is 17.7 Å². The van der Waals surface area contributed by atoms with Gasteiger partial charge in [0.2, 0.25) is 0 Å². The van der Waals surface area contributed by atoms with Gasteiger partial charge in [-0.3, -0.25) is 0 Å². The van der Waals surface area contributed by atoms with E-state index >= 15 is 0 Å². The largest absolute Gasteiger partial charge is 0.204 e. The monoisotopic (exact) mass is 206 g/mol. The van der Waals surface area contributed by atoms with Crippen LogP contribution >= 0.6 is 11.8 Å². The van der Waals surface area contributed by atoms with Crippen LogP contribution in [0.25, 0.3) is 0 Å². The fourth-order valence-electron chi connectivity index (χ4n) is 0.982. The van der Waals surface area contributed by atoms with Gasteiger partial charge in [-0.2, -0.15) is 11.8 Å². The van der Waals surface area contributed by atoms with E-state index in [0.29, 0.717) is 0 Å². The molecular formula is C9H9F3S. The molecule has 0 bridgehead atoms. The minimum absolute atomic E-state index is 0.171. The first kappa shape index (κ1) is 10.4. The topological polar surface area (TPSA) is 0 Å². The Hall–Kier alpha value is -0.640. The number of hydrogen-bond acceptors (Lipinski definition) is 1. The lowest BCUT2D eigenvalue weighted by Crippen LogP contribution is -1.98. The van der Waals surface area contributed by atoms with Gasteiger partial charge in [0.25, 0.3) is 0 Å². The van der Waals surface area contributed by atoms with Gasteiger partial charge in [-0.25, -0.2) is 13.2 Å². The molecule has 0 aromatic heterocycles. The summed E-state index contributed by atoms with van der Waals surface area (Å²) >= 11 is 1.38. The lowest BCUT2D eigenvalue weighted by molar-refractivity contribution is 0.441. The summed E-state index contributed by atoms with van der Waals surface area (Å²) in [5.41, 5.74) is 0.200. The standard InChI is InChI=1S/C9H9F3S/c1-5(13-2)6-3-4-7(10)9(12)8(6)11/h3-5H,1-2H3. The van der Waals surface area contributed by atoms with Crippen LogP contribution in [0.2, 0.25) is 0 Å². The molecule has 72 valence electrons. The van der Waals surface area contributed by atoms with Crippen molar-refractivity contribution in [2.75, 3.05) is 6.26 Å². The second-order valence-corrected chi connectivity index (χ2v) is 3.82. The molecule has 1 aromatic carbocycles. The van der Waals surface area contributed by atoms with Crippen molar-refractivity contribution in [3.8, 4) is 0 Å². The van der Waals surface area contributed by atoms with Crippen LogP contribution in [0.4, 0.5) is 13.2 Å². The van der Waals surface area contributed by atoms with Crippen molar-refractivity contribution in [2.45, 2.75) is 12.2 Å². The summed E-state index contributed by atoms with van der Waals surface area (Å²) in [5, 5.41) is -0.171. The Morgan fingerprint density at radius 1 is 1.15 bits per heavy atom. The summed E-state index contributed by atoms with van der Waals surface area (Å²) in [4.78, 5) is 0. The highest BCUT2D eigenvalue weighted by molar-refractivity contribution is 7.98. The Morgan fingerprint density at radius 3 is 2.31 bits per heavy atom. The van der Waals surface area contributed by atoms with Crippen molar-refractivity contribution in [2.24, 2.45) is 0 Å². The number of hydrogen-bond donors (Lipinski definition) is 0. The number of halogens is 3. The third kappa shape index (κ3) is 1.99. The molecule has 0 saturated heterocycles. The Balaban J connectivity index is 3.18. The SMILES string of the molecule is CSC(C)c1ccc(F)c(F)c1F. The maximum Gasteiger partial charge on any atom is 0.194 e. The van der Waals surface area contributed by atoms with Crippen molar-refractivity contribution < 1.29 is 13.2 Å². The van der Waals surface area contributed by atoms with Crippen LogP contribution < -0.4 is 0 Å². The molecule has 1 unspecified atom stereocenters. The molecule has 4 heteroatoms. The van der Waals surface area contributed by atoms with Crippen molar-refractivity contribution in [1.29, 1.82) is 0 Å². The van der Waals surface area contributed by atoms with Crippen molar-refractivity contribution >= 4 is 11.8 Å². The van der Waals surface area contributed by atoms with Gasteiger partial charge in [0, 0.05) is 10.8 Å². The molecule has 0 radical (unpaired) electrons. The van der Waals surface area contributed by atoms with E-state index in [2.05, 4.69) is 0 Å². The first-order valence-electron chi connectivity index (χ1n) is 3.74. The highest BCUT2D eigenvalue weighted by Gasteiger charge is 2.16. The second-order valence-electron chi connectivity index (χ2n) is 2.64. The van der Waals surface area contributed by atoms with Crippen molar-refractivity contribution in [1.82, 2.24) is 0 Å². The third-order valence-corrected chi connectivity index (χ3v) is 2.82. The summed E-state index contributed by atoms with van der Waals surface area (Å²) in [6, 6.07) is 2.22. The van der Waals surface area contributed by atoms with Gasteiger partial charge in [0.15, 0.2) is 17.5 Å². The van der Waals surface area contributed by atoms with Crippen molar-refractivity contribution in [3.63, 3.8) is 0 Å². The molecule has 0 spiro atoms.